The second-order valence-electron chi connectivity index (χ2n) is 8.76. The van der Waals surface area contributed by atoms with Gasteiger partial charge in [0, 0.05) is 27.1 Å². The van der Waals surface area contributed by atoms with Gasteiger partial charge in [-0.3, -0.25) is 4.99 Å². The molecule has 0 radical (unpaired) electrons. The molecule has 4 nitrogen and oxygen atoms in total. The van der Waals surface area contributed by atoms with Gasteiger partial charge in [-0.05, 0) is 65.8 Å². The first kappa shape index (κ1) is 23.7. The van der Waals surface area contributed by atoms with E-state index in [9.17, 15) is 9.65 Å². The molecule has 0 aromatic heterocycles. The van der Waals surface area contributed by atoms with Gasteiger partial charge >= 0.3 is 0 Å². The van der Waals surface area contributed by atoms with Gasteiger partial charge in [0.25, 0.3) is 0 Å². The van der Waals surface area contributed by atoms with E-state index >= 15 is 0 Å². The van der Waals surface area contributed by atoms with E-state index < -0.39 is 5.60 Å². The number of halogens is 1. The van der Waals surface area contributed by atoms with Crippen LogP contribution in [0, 0.1) is 17.1 Å². The zero-order valence-corrected chi connectivity index (χ0v) is 19.8. The van der Waals surface area contributed by atoms with E-state index in [2.05, 4.69) is 47.3 Å². The van der Waals surface area contributed by atoms with E-state index in [0.29, 0.717) is 12.2 Å². The highest BCUT2D eigenvalue weighted by atomic mass is 19.1. The Balaban J connectivity index is 1.48. The summed E-state index contributed by atoms with van der Waals surface area (Å²) in [4.78, 5) is 6.75. The molecule has 0 bridgehead atoms. The molecule has 0 spiro atoms. The predicted molar refractivity (Wildman–Crippen MR) is 133 cm³/mol. The molecule has 1 aliphatic heterocycles. The van der Waals surface area contributed by atoms with Crippen molar-refractivity contribution in [2.75, 3.05) is 20.6 Å². The highest BCUT2D eigenvalue weighted by molar-refractivity contribution is 5.82. The van der Waals surface area contributed by atoms with Crippen LogP contribution in [0.15, 0.2) is 77.8 Å². The van der Waals surface area contributed by atoms with Crippen LogP contribution in [0.5, 0.6) is 0 Å². The maximum Gasteiger partial charge on any atom is 0.123 e. The van der Waals surface area contributed by atoms with Crippen LogP contribution >= 0.6 is 0 Å². The number of hydrogen-bond acceptors (Lipinski definition) is 3. The molecule has 4 rings (SSSR count). The smallest absolute Gasteiger partial charge is 0.123 e. The average Bonchev–Trinajstić information content (AvgIpc) is 3.24. The minimum atomic E-state index is -0.647. The van der Waals surface area contributed by atoms with Crippen molar-refractivity contribution in [1.29, 1.82) is 5.26 Å². The minimum Gasteiger partial charge on any atom is -0.363 e. The number of nitrogens with zero attached hydrogens (tertiary/aromatic N) is 3. The van der Waals surface area contributed by atoms with Crippen LogP contribution in [-0.4, -0.2) is 31.4 Å². The molecular weight excluding hydrogens is 425 g/mol. The Morgan fingerprint density at radius 1 is 1.12 bits per heavy atom. The van der Waals surface area contributed by atoms with Gasteiger partial charge in [-0.15, -0.1) is 0 Å². The van der Waals surface area contributed by atoms with Gasteiger partial charge in [-0.25, -0.2) is 4.39 Å². The zero-order chi connectivity index (χ0) is 24.0. The van der Waals surface area contributed by atoms with Crippen molar-refractivity contribution in [3.8, 4) is 6.07 Å². The second kappa shape index (κ2) is 10.6. The summed E-state index contributed by atoms with van der Waals surface area (Å²) in [6, 6.07) is 25.0. The SMILES string of the molecule is C/N=C(/CCc1ccccc1)N(C)CCCC1(c2ccc(F)cc2)OCc2cc(C#N)ccc21. The fraction of sp³-hybridized carbons (Fsp3) is 0.310. The van der Waals surface area contributed by atoms with Crippen LogP contribution in [-0.2, 0) is 23.4 Å². The molecule has 0 fully saturated rings. The molecule has 34 heavy (non-hydrogen) atoms. The number of aryl methyl sites for hydroxylation is 1. The molecule has 3 aromatic carbocycles. The number of amidine groups is 1. The third-order valence-corrected chi connectivity index (χ3v) is 6.66. The average molecular weight is 456 g/mol. The Hall–Kier alpha value is -3.49. The Morgan fingerprint density at radius 3 is 2.59 bits per heavy atom. The first-order chi connectivity index (χ1) is 16.6. The van der Waals surface area contributed by atoms with Crippen molar-refractivity contribution < 1.29 is 9.13 Å². The van der Waals surface area contributed by atoms with Crippen LogP contribution in [0.3, 0.4) is 0 Å². The Bertz CT molecular complexity index is 1180. The quantitative estimate of drug-likeness (QED) is 0.316. The van der Waals surface area contributed by atoms with Crippen molar-refractivity contribution in [1.82, 2.24) is 4.90 Å². The summed E-state index contributed by atoms with van der Waals surface area (Å²) >= 11 is 0. The summed E-state index contributed by atoms with van der Waals surface area (Å²) < 4.78 is 20.1. The number of ether oxygens (including phenoxy) is 1. The number of fused-ring (bicyclic) bond motifs is 1. The molecule has 0 aliphatic carbocycles. The molecule has 1 heterocycles. The van der Waals surface area contributed by atoms with Gasteiger partial charge in [0.1, 0.15) is 11.4 Å². The lowest BCUT2D eigenvalue weighted by Gasteiger charge is -2.32. The molecule has 5 heteroatoms. The molecule has 0 saturated heterocycles. The fourth-order valence-electron chi connectivity index (χ4n) is 4.83. The van der Waals surface area contributed by atoms with E-state index in [-0.39, 0.29) is 5.82 Å². The van der Waals surface area contributed by atoms with Crippen molar-refractivity contribution in [3.63, 3.8) is 0 Å². The highest BCUT2D eigenvalue weighted by Gasteiger charge is 2.41. The minimum absolute atomic E-state index is 0.265. The predicted octanol–water partition coefficient (Wildman–Crippen LogP) is 5.84. The van der Waals surface area contributed by atoms with Gasteiger partial charge in [0.05, 0.1) is 24.1 Å². The highest BCUT2D eigenvalue weighted by Crippen LogP contribution is 2.45. The molecule has 0 amide bonds. The normalized spacial score (nSPS) is 17.3. The van der Waals surface area contributed by atoms with Gasteiger partial charge in [0.2, 0.25) is 0 Å². The summed E-state index contributed by atoms with van der Waals surface area (Å²) in [7, 11) is 3.93. The van der Waals surface area contributed by atoms with Crippen LogP contribution in [0.4, 0.5) is 4.39 Å². The first-order valence-electron chi connectivity index (χ1n) is 11.7. The molecule has 3 aromatic rings. The largest absolute Gasteiger partial charge is 0.363 e. The summed E-state index contributed by atoms with van der Waals surface area (Å²) in [5.74, 6) is 0.810. The third kappa shape index (κ3) is 5.03. The van der Waals surface area contributed by atoms with Crippen molar-refractivity contribution in [2.24, 2.45) is 4.99 Å². The summed E-state index contributed by atoms with van der Waals surface area (Å²) in [5, 5.41) is 9.29. The van der Waals surface area contributed by atoms with Crippen LogP contribution in [0.1, 0.15) is 47.1 Å². The van der Waals surface area contributed by atoms with Crippen molar-refractivity contribution in [2.45, 2.75) is 37.9 Å². The second-order valence-corrected chi connectivity index (χ2v) is 8.76. The Kier molecular flexibility index (Phi) is 7.40. The summed E-state index contributed by atoms with van der Waals surface area (Å²) in [6.07, 6.45) is 3.46. The molecule has 174 valence electrons. The number of rotatable bonds is 8. The van der Waals surface area contributed by atoms with Crippen LogP contribution in [0.2, 0.25) is 0 Å². The van der Waals surface area contributed by atoms with E-state index in [1.165, 1.54) is 17.7 Å². The van der Waals surface area contributed by atoms with Crippen LogP contribution < -0.4 is 0 Å². The number of nitriles is 1. The number of hydrogen-bond donors (Lipinski definition) is 0. The molecule has 1 aliphatic rings. The van der Waals surface area contributed by atoms with Gasteiger partial charge in [0.15, 0.2) is 0 Å². The summed E-state index contributed by atoms with van der Waals surface area (Å²) in [6.45, 7) is 1.27. The zero-order valence-electron chi connectivity index (χ0n) is 19.8. The topological polar surface area (TPSA) is 48.6 Å². The number of aliphatic imine (C=N–C) groups is 1. The lowest BCUT2D eigenvalue weighted by atomic mass is 9.81. The molecule has 1 atom stereocenters. The standard InChI is InChI=1S/C29H30FN3O/c1-32-28(16-10-22-7-4-3-5-8-22)33(2)18-6-17-29(25-11-13-26(30)14-12-25)27-15-9-23(20-31)19-24(27)21-34-29/h3-5,7-9,11-15,19H,6,10,16-18,21H2,1-2H3/b32-28-. The molecule has 0 N–H and O–H groups in total. The maximum atomic E-state index is 13.7. The monoisotopic (exact) mass is 455 g/mol. The number of benzene rings is 3. The van der Waals surface area contributed by atoms with Crippen molar-refractivity contribution >= 4 is 5.84 Å². The lowest BCUT2D eigenvalue weighted by Crippen LogP contribution is -2.32. The maximum absolute atomic E-state index is 13.7. The third-order valence-electron chi connectivity index (χ3n) is 6.66. The van der Waals surface area contributed by atoms with Gasteiger partial charge in [-0.1, -0.05) is 48.5 Å². The fourth-order valence-corrected chi connectivity index (χ4v) is 4.83. The van der Waals surface area contributed by atoms with Gasteiger partial charge in [-0.2, -0.15) is 5.26 Å². The van der Waals surface area contributed by atoms with Gasteiger partial charge < -0.3 is 9.64 Å². The summed E-state index contributed by atoms with van der Waals surface area (Å²) in [5.41, 5.74) is 4.31. The van der Waals surface area contributed by atoms with E-state index in [1.807, 2.05) is 43.4 Å². The molecule has 1 unspecified atom stereocenters. The Labute approximate surface area is 201 Å². The molecule has 0 saturated carbocycles. The van der Waals surface area contributed by atoms with E-state index in [1.54, 1.807) is 0 Å². The van der Waals surface area contributed by atoms with E-state index in [4.69, 9.17) is 4.74 Å². The van der Waals surface area contributed by atoms with Crippen LogP contribution in [0.25, 0.3) is 0 Å². The lowest BCUT2D eigenvalue weighted by molar-refractivity contribution is -0.0136. The molecular formula is C29H30FN3O. The first-order valence-corrected chi connectivity index (χ1v) is 11.7. The van der Waals surface area contributed by atoms with Crippen molar-refractivity contribution in [3.05, 3.63) is 106 Å². The van der Waals surface area contributed by atoms with E-state index in [0.717, 1.165) is 54.8 Å². The Morgan fingerprint density at radius 2 is 1.88 bits per heavy atom.